The summed E-state index contributed by atoms with van der Waals surface area (Å²) in [4.78, 5) is 8.91. The van der Waals surface area contributed by atoms with E-state index in [-0.39, 0.29) is 12.4 Å². The monoisotopic (exact) mass is 390 g/mol. The second-order valence-corrected chi connectivity index (χ2v) is 7.28. The molecule has 0 saturated heterocycles. The van der Waals surface area contributed by atoms with Crippen molar-refractivity contribution >= 4 is 5.82 Å². The predicted molar refractivity (Wildman–Crippen MR) is 105 cm³/mol. The lowest BCUT2D eigenvalue weighted by Crippen LogP contribution is -2.06. The first kappa shape index (κ1) is 17.5. The van der Waals surface area contributed by atoms with Crippen molar-refractivity contribution in [3.05, 3.63) is 65.7 Å². The molecule has 7 nitrogen and oxygen atoms in total. The third-order valence-electron chi connectivity index (χ3n) is 4.92. The largest absolute Gasteiger partial charge is 0.384 e. The molecule has 8 heteroatoms. The first-order valence-corrected chi connectivity index (χ1v) is 9.53. The van der Waals surface area contributed by atoms with Crippen molar-refractivity contribution in [1.82, 2.24) is 24.9 Å². The maximum atomic E-state index is 14.2. The molecule has 5 rings (SSSR count). The van der Waals surface area contributed by atoms with E-state index in [0.29, 0.717) is 40.3 Å². The molecule has 4 aromatic rings. The Hall–Kier alpha value is -3.55. The smallest absolute Gasteiger partial charge is 0.200 e. The number of anilines is 1. The number of aromatic nitrogens is 5. The Morgan fingerprint density at radius 1 is 1.07 bits per heavy atom. The normalized spacial score (nSPS) is 13.7. The van der Waals surface area contributed by atoms with Gasteiger partial charge in [-0.15, -0.1) is 5.10 Å². The number of rotatable bonds is 6. The van der Waals surface area contributed by atoms with E-state index in [2.05, 4.69) is 20.2 Å². The van der Waals surface area contributed by atoms with Gasteiger partial charge in [-0.05, 0) is 37.0 Å². The predicted octanol–water partition coefficient (Wildman–Crippen LogP) is 3.72. The van der Waals surface area contributed by atoms with Gasteiger partial charge in [0, 0.05) is 18.1 Å². The van der Waals surface area contributed by atoms with Gasteiger partial charge in [-0.2, -0.15) is 0 Å². The molecule has 1 aliphatic carbocycles. The van der Waals surface area contributed by atoms with Crippen LogP contribution in [0.3, 0.4) is 0 Å². The number of hydrogen-bond acceptors (Lipinski definition) is 6. The van der Waals surface area contributed by atoms with Gasteiger partial charge in [0.05, 0.1) is 6.54 Å². The van der Waals surface area contributed by atoms with Gasteiger partial charge < -0.3 is 10.3 Å². The quantitative estimate of drug-likeness (QED) is 0.539. The zero-order chi connectivity index (χ0) is 19.8. The lowest BCUT2D eigenvalue weighted by Gasteiger charge is -2.05. The van der Waals surface area contributed by atoms with Crippen LogP contribution in [0.15, 0.2) is 53.1 Å². The van der Waals surface area contributed by atoms with E-state index in [9.17, 15) is 4.39 Å². The van der Waals surface area contributed by atoms with Crippen molar-refractivity contribution in [2.75, 3.05) is 5.73 Å². The first-order valence-electron chi connectivity index (χ1n) is 9.53. The van der Waals surface area contributed by atoms with E-state index < -0.39 is 0 Å². The van der Waals surface area contributed by atoms with Crippen molar-refractivity contribution in [2.45, 2.75) is 25.8 Å². The van der Waals surface area contributed by atoms with Crippen molar-refractivity contribution in [1.29, 1.82) is 0 Å². The van der Waals surface area contributed by atoms with Crippen LogP contribution in [0.4, 0.5) is 10.2 Å². The molecule has 0 radical (unpaired) electrons. The maximum Gasteiger partial charge on any atom is 0.200 e. The van der Waals surface area contributed by atoms with Gasteiger partial charge >= 0.3 is 0 Å². The molecule has 1 aliphatic rings. The molecule has 1 saturated carbocycles. The molecule has 3 aromatic heterocycles. The minimum atomic E-state index is -0.299. The minimum absolute atomic E-state index is 0.210. The van der Waals surface area contributed by atoms with Gasteiger partial charge in [-0.1, -0.05) is 29.4 Å². The highest BCUT2D eigenvalue weighted by molar-refractivity contribution is 5.58. The molecule has 0 spiro atoms. The van der Waals surface area contributed by atoms with Gasteiger partial charge in [-0.25, -0.2) is 19.0 Å². The van der Waals surface area contributed by atoms with Crippen LogP contribution in [0.1, 0.15) is 24.2 Å². The fourth-order valence-corrected chi connectivity index (χ4v) is 3.24. The summed E-state index contributed by atoms with van der Waals surface area (Å²) in [5, 5.41) is 8.74. The maximum absolute atomic E-state index is 14.2. The summed E-state index contributed by atoms with van der Waals surface area (Å²) in [6.45, 7) is 0.210. The molecule has 0 amide bonds. The van der Waals surface area contributed by atoms with Crippen molar-refractivity contribution in [3.63, 3.8) is 0 Å². The minimum Gasteiger partial charge on any atom is -0.384 e. The number of benzene rings is 1. The van der Waals surface area contributed by atoms with Crippen molar-refractivity contribution < 1.29 is 8.91 Å². The lowest BCUT2D eigenvalue weighted by atomic mass is 10.2. The third kappa shape index (κ3) is 3.73. The average Bonchev–Trinajstić information content (AvgIpc) is 3.23. The standard InChI is InChI=1S/C21H19FN6O/c22-16-5-2-1-4-14(16)12-28-21(18-11-15(29-27-18)10-13-8-9-13)25-20(26-28)17-6-3-7-19(23)24-17/h1-7,11,13H,8-10,12H2,(H2,23,24). The molecule has 0 bridgehead atoms. The highest BCUT2D eigenvalue weighted by atomic mass is 19.1. The first-order chi connectivity index (χ1) is 14.2. The highest BCUT2D eigenvalue weighted by Crippen LogP contribution is 2.33. The van der Waals surface area contributed by atoms with Crippen LogP contribution in [-0.2, 0) is 13.0 Å². The number of hydrogen-bond donors (Lipinski definition) is 1. The summed E-state index contributed by atoms with van der Waals surface area (Å²) in [5.41, 5.74) is 7.42. The highest BCUT2D eigenvalue weighted by Gasteiger charge is 2.25. The molecule has 29 heavy (non-hydrogen) atoms. The second kappa shape index (κ2) is 7.12. The van der Waals surface area contributed by atoms with Crippen LogP contribution in [0.25, 0.3) is 23.0 Å². The van der Waals surface area contributed by atoms with Crippen molar-refractivity contribution in [2.24, 2.45) is 5.92 Å². The Morgan fingerprint density at radius 3 is 2.72 bits per heavy atom. The molecule has 2 N–H and O–H groups in total. The summed E-state index contributed by atoms with van der Waals surface area (Å²) in [7, 11) is 0. The van der Waals surface area contributed by atoms with Crippen LogP contribution in [0, 0.1) is 11.7 Å². The van der Waals surface area contributed by atoms with E-state index in [1.807, 2.05) is 6.07 Å². The van der Waals surface area contributed by atoms with Crippen LogP contribution in [0.2, 0.25) is 0 Å². The van der Waals surface area contributed by atoms with Crippen LogP contribution in [-0.4, -0.2) is 24.9 Å². The molecular formula is C21H19FN6O. The molecular weight excluding hydrogens is 371 g/mol. The fourth-order valence-electron chi connectivity index (χ4n) is 3.24. The topological polar surface area (TPSA) is 95.7 Å². The summed E-state index contributed by atoms with van der Waals surface area (Å²) in [5.74, 6) is 2.48. The third-order valence-corrected chi connectivity index (χ3v) is 4.92. The van der Waals surface area contributed by atoms with E-state index in [1.165, 1.54) is 18.9 Å². The lowest BCUT2D eigenvalue weighted by molar-refractivity contribution is 0.379. The molecule has 0 unspecified atom stereocenters. The second-order valence-electron chi connectivity index (χ2n) is 7.28. The van der Waals surface area contributed by atoms with Gasteiger partial charge in [0.25, 0.3) is 0 Å². The molecule has 3 heterocycles. The van der Waals surface area contributed by atoms with Gasteiger partial charge in [0.1, 0.15) is 23.1 Å². The molecule has 0 aliphatic heterocycles. The van der Waals surface area contributed by atoms with Gasteiger partial charge in [0.15, 0.2) is 17.3 Å². The zero-order valence-electron chi connectivity index (χ0n) is 15.6. The number of nitrogens with two attached hydrogens (primary N) is 1. The van der Waals surface area contributed by atoms with E-state index >= 15 is 0 Å². The van der Waals surface area contributed by atoms with Crippen molar-refractivity contribution in [3.8, 4) is 23.0 Å². The summed E-state index contributed by atoms with van der Waals surface area (Å²) < 4.78 is 21.3. The van der Waals surface area contributed by atoms with E-state index in [4.69, 9.17) is 10.3 Å². The van der Waals surface area contributed by atoms with E-state index in [0.717, 1.165) is 12.2 Å². The Kier molecular flexibility index (Phi) is 4.31. The number of pyridine rings is 1. The molecule has 0 atom stereocenters. The molecule has 146 valence electrons. The zero-order valence-corrected chi connectivity index (χ0v) is 15.6. The Bertz CT molecular complexity index is 1160. The SMILES string of the molecule is Nc1cccc(-c2nc(-c3cc(CC4CC4)on3)n(Cc3ccccc3F)n2)n1. The number of halogens is 1. The Morgan fingerprint density at radius 2 is 1.93 bits per heavy atom. The summed E-state index contributed by atoms with van der Waals surface area (Å²) in [6, 6.07) is 13.8. The number of nitrogens with zero attached hydrogens (tertiary/aromatic N) is 5. The number of nitrogen functional groups attached to an aromatic ring is 1. The van der Waals surface area contributed by atoms with Crippen LogP contribution < -0.4 is 5.73 Å². The van der Waals surface area contributed by atoms with Gasteiger partial charge in [-0.3, -0.25) is 0 Å². The molecule has 1 fully saturated rings. The fraction of sp³-hybridized carbons (Fsp3) is 0.238. The Labute approximate surface area is 166 Å². The van der Waals surface area contributed by atoms with Gasteiger partial charge in [0.2, 0.25) is 0 Å². The van der Waals surface area contributed by atoms with Crippen LogP contribution >= 0.6 is 0 Å². The van der Waals surface area contributed by atoms with E-state index in [1.54, 1.807) is 41.1 Å². The Balaban J connectivity index is 1.55. The summed E-state index contributed by atoms with van der Waals surface area (Å²) in [6.07, 6.45) is 3.33. The summed E-state index contributed by atoms with van der Waals surface area (Å²) >= 11 is 0. The molecule has 1 aromatic carbocycles. The average molecular weight is 390 g/mol. The van der Waals surface area contributed by atoms with Crippen LogP contribution in [0.5, 0.6) is 0 Å².